The molecule has 0 atom stereocenters. The van der Waals surface area contributed by atoms with E-state index in [1.165, 1.54) is 12.1 Å². The van der Waals surface area contributed by atoms with Gasteiger partial charge in [-0.3, -0.25) is 0 Å². The van der Waals surface area contributed by atoms with Crippen molar-refractivity contribution in [1.29, 1.82) is 0 Å². The molecule has 0 aliphatic carbocycles. The van der Waals surface area contributed by atoms with Crippen molar-refractivity contribution in [2.75, 3.05) is 11.1 Å². The van der Waals surface area contributed by atoms with Gasteiger partial charge in [0.25, 0.3) is 0 Å². The highest BCUT2D eigenvalue weighted by atomic mass is 79.9. The highest BCUT2D eigenvalue weighted by Gasteiger charge is 2.30. The Bertz CT molecular complexity index is 596. The normalized spacial score (nSPS) is 11.4. The number of anilines is 2. The van der Waals surface area contributed by atoms with Crippen LogP contribution in [0.15, 0.2) is 34.9 Å². The lowest BCUT2D eigenvalue weighted by molar-refractivity contribution is -0.137. The van der Waals surface area contributed by atoms with Gasteiger partial charge in [0.05, 0.1) is 5.56 Å². The van der Waals surface area contributed by atoms with Crippen molar-refractivity contribution >= 4 is 27.7 Å². The van der Waals surface area contributed by atoms with Crippen molar-refractivity contribution in [2.24, 2.45) is 0 Å². The molecule has 0 saturated carbocycles. The van der Waals surface area contributed by atoms with E-state index in [0.29, 0.717) is 10.2 Å². The highest BCUT2D eigenvalue weighted by Crippen LogP contribution is 2.29. The number of nitrogens with one attached hydrogen (secondary N) is 1. The molecule has 2 aromatic rings. The topological polar surface area (TPSA) is 63.8 Å². The van der Waals surface area contributed by atoms with Gasteiger partial charge in [-0.15, -0.1) is 0 Å². The van der Waals surface area contributed by atoms with Gasteiger partial charge in [0, 0.05) is 12.6 Å². The van der Waals surface area contributed by atoms with E-state index in [0.717, 1.165) is 12.1 Å². The summed E-state index contributed by atoms with van der Waals surface area (Å²) in [7, 11) is 0. The van der Waals surface area contributed by atoms with Crippen LogP contribution in [0.3, 0.4) is 0 Å². The van der Waals surface area contributed by atoms with Crippen molar-refractivity contribution in [3.63, 3.8) is 0 Å². The number of nitrogen functional groups attached to an aromatic ring is 1. The SMILES string of the molecule is Nc1cc(Br)nc(NCc2cccc(C(F)(F)F)c2)n1. The summed E-state index contributed by atoms with van der Waals surface area (Å²) in [4.78, 5) is 7.94. The number of rotatable bonds is 3. The second kappa shape index (κ2) is 5.66. The molecule has 0 fully saturated rings. The molecule has 20 heavy (non-hydrogen) atoms. The Morgan fingerprint density at radius 1 is 1.20 bits per heavy atom. The smallest absolute Gasteiger partial charge is 0.383 e. The van der Waals surface area contributed by atoms with E-state index in [4.69, 9.17) is 5.73 Å². The van der Waals surface area contributed by atoms with Crippen LogP contribution >= 0.6 is 15.9 Å². The Labute approximate surface area is 121 Å². The molecule has 0 spiro atoms. The number of nitrogens with two attached hydrogens (primary N) is 1. The molecular formula is C12H10BrF3N4. The van der Waals surface area contributed by atoms with E-state index in [1.54, 1.807) is 6.07 Å². The summed E-state index contributed by atoms with van der Waals surface area (Å²) in [6.07, 6.45) is -4.35. The average molecular weight is 347 g/mol. The molecule has 0 radical (unpaired) electrons. The van der Waals surface area contributed by atoms with Gasteiger partial charge in [0.1, 0.15) is 10.4 Å². The maximum Gasteiger partial charge on any atom is 0.416 e. The van der Waals surface area contributed by atoms with E-state index in [1.807, 2.05) is 0 Å². The zero-order valence-corrected chi connectivity index (χ0v) is 11.7. The number of hydrogen-bond acceptors (Lipinski definition) is 4. The van der Waals surface area contributed by atoms with Crippen molar-refractivity contribution in [1.82, 2.24) is 9.97 Å². The summed E-state index contributed by atoms with van der Waals surface area (Å²) in [5, 5.41) is 2.82. The Kier molecular flexibility index (Phi) is 4.12. The average Bonchev–Trinajstić information content (AvgIpc) is 2.35. The number of hydrogen-bond donors (Lipinski definition) is 2. The first-order chi connectivity index (χ1) is 9.34. The maximum atomic E-state index is 12.6. The monoisotopic (exact) mass is 346 g/mol. The first kappa shape index (κ1) is 14.6. The molecule has 8 heteroatoms. The number of alkyl halides is 3. The van der Waals surface area contributed by atoms with Crippen LogP contribution < -0.4 is 11.1 Å². The van der Waals surface area contributed by atoms with Crippen molar-refractivity contribution in [3.05, 3.63) is 46.1 Å². The predicted molar refractivity (Wildman–Crippen MR) is 72.9 cm³/mol. The fourth-order valence-corrected chi connectivity index (χ4v) is 1.96. The molecule has 106 valence electrons. The predicted octanol–water partition coefficient (Wildman–Crippen LogP) is 3.45. The molecule has 4 nitrogen and oxygen atoms in total. The molecule has 1 heterocycles. The summed E-state index contributed by atoms with van der Waals surface area (Å²) in [6, 6.07) is 6.57. The molecule has 1 aromatic carbocycles. The third-order valence-corrected chi connectivity index (χ3v) is 2.83. The van der Waals surface area contributed by atoms with Gasteiger partial charge in [0.2, 0.25) is 5.95 Å². The Balaban J connectivity index is 2.11. The molecular weight excluding hydrogens is 337 g/mol. The van der Waals surface area contributed by atoms with Gasteiger partial charge in [-0.05, 0) is 33.6 Å². The van der Waals surface area contributed by atoms with Gasteiger partial charge in [-0.1, -0.05) is 12.1 Å². The third-order valence-electron chi connectivity index (χ3n) is 2.42. The van der Waals surface area contributed by atoms with E-state index >= 15 is 0 Å². The van der Waals surface area contributed by atoms with Crippen LogP contribution in [0.5, 0.6) is 0 Å². The quantitative estimate of drug-likeness (QED) is 0.835. The van der Waals surface area contributed by atoms with Crippen LogP contribution in [0.1, 0.15) is 11.1 Å². The van der Waals surface area contributed by atoms with Gasteiger partial charge in [-0.2, -0.15) is 18.2 Å². The fraction of sp³-hybridized carbons (Fsp3) is 0.167. The van der Waals surface area contributed by atoms with Crippen LogP contribution in [-0.4, -0.2) is 9.97 Å². The van der Waals surface area contributed by atoms with E-state index in [9.17, 15) is 13.2 Å². The number of benzene rings is 1. The van der Waals surface area contributed by atoms with Gasteiger partial charge in [-0.25, -0.2) is 4.98 Å². The maximum absolute atomic E-state index is 12.6. The number of nitrogens with zero attached hydrogens (tertiary/aromatic N) is 2. The molecule has 2 rings (SSSR count). The summed E-state index contributed by atoms with van der Waals surface area (Å²) >= 11 is 3.16. The van der Waals surface area contributed by atoms with Crippen LogP contribution in [-0.2, 0) is 12.7 Å². The summed E-state index contributed by atoms with van der Waals surface area (Å²) < 4.78 is 38.2. The van der Waals surface area contributed by atoms with Gasteiger partial charge >= 0.3 is 6.18 Å². The number of aromatic nitrogens is 2. The molecule has 0 aliphatic heterocycles. The summed E-state index contributed by atoms with van der Waals surface area (Å²) in [5.74, 6) is 0.507. The summed E-state index contributed by atoms with van der Waals surface area (Å²) in [6.45, 7) is 0.166. The number of halogens is 4. The fourth-order valence-electron chi connectivity index (χ4n) is 1.55. The van der Waals surface area contributed by atoms with E-state index in [2.05, 4.69) is 31.2 Å². The minimum Gasteiger partial charge on any atom is -0.383 e. The van der Waals surface area contributed by atoms with Crippen LogP contribution in [0, 0.1) is 0 Å². The van der Waals surface area contributed by atoms with Crippen molar-refractivity contribution in [2.45, 2.75) is 12.7 Å². The van der Waals surface area contributed by atoms with Crippen molar-refractivity contribution in [3.8, 4) is 0 Å². The van der Waals surface area contributed by atoms with E-state index in [-0.39, 0.29) is 18.3 Å². The minimum absolute atomic E-state index is 0.166. The molecule has 0 unspecified atom stereocenters. The first-order valence-electron chi connectivity index (χ1n) is 5.54. The van der Waals surface area contributed by atoms with Crippen molar-refractivity contribution < 1.29 is 13.2 Å². The standard InChI is InChI=1S/C12H10BrF3N4/c13-9-5-10(17)20-11(19-9)18-6-7-2-1-3-8(4-7)12(14,15)16/h1-5H,6H2,(H3,17,18,19,20). The van der Waals surface area contributed by atoms with Gasteiger partial charge < -0.3 is 11.1 Å². The molecule has 0 bridgehead atoms. The second-order valence-corrected chi connectivity index (χ2v) is 4.80. The molecule has 0 amide bonds. The largest absolute Gasteiger partial charge is 0.416 e. The molecule has 3 N–H and O–H groups in total. The van der Waals surface area contributed by atoms with Crippen LogP contribution in [0.25, 0.3) is 0 Å². The molecule has 0 saturated heterocycles. The Hall–Kier alpha value is -1.83. The second-order valence-electron chi connectivity index (χ2n) is 3.99. The van der Waals surface area contributed by atoms with Crippen LogP contribution in [0.4, 0.5) is 24.9 Å². The van der Waals surface area contributed by atoms with Crippen LogP contribution in [0.2, 0.25) is 0 Å². The highest BCUT2D eigenvalue weighted by molar-refractivity contribution is 9.10. The zero-order chi connectivity index (χ0) is 14.8. The lowest BCUT2D eigenvalue weighted by Crippen LogP contribution is -2.08. The van der Waals surface area contributed by atoms with E-state index < -0.39 is 11.7 Å². The lowest BCUT2D eigenvalue weighted by Gasteiger charge is -2.09. The minimum atomic E-state index is -4.35. The molecule has 1 aromatic heterocycles. The zero-order valence-electron chi connectivity index (χ0n) is 10.1. The Morgan fingerprint density at radius 3 is 2.60 bits per heavy atom. The third kappa shape index (κ3) is 3.83. The van der Waals surface area contributed by atoms with Gasteiger partial charge in [0.15, 0.2) is 0 Å². The first-order valence-corrected chi connectivity index (χ1v) is 6.34. The Morgan fingerprint density at radius 2 is 1.95 bits per heavy atom. The molecule has 0 aliphatic rings. The lowest BCUT2D eigenvalue weighted by atomic mass is 10.1. The summed E-state index contributed by atoms with van der Waals surface area (Å²) in [5.41, 5.74) is 5.33.